The van der Waals surface area contributed by atoms with Gasteiger partial charge in [-0.2, -0.15) is 5.10 Å². The van der Waals surface area contributed by atoms with E-state index in [0.29, 0.717) is 31.4 Å². The number of carbonyl (C=O) groups excluding carboxylic acids is 1. The van der Waals surface area contributed by atoms with Crippen LogP contribution in [0, 0.1) is 5.92 Å². The van der Waals surface area contributed by atoms with Crippen molar-refractivity contribution in [2.45, 2.75) is 45.8 Å². The van der Waals surface area contributed by atoms with E-state index in [1.165, 1.54) is 10.7 Å². The second-order valence-electron chi connectivity index (χ2n) is 7.57. The third-order valence-corrected chi connectivity index (χ3v) is 4.29. The van der Waals surface area contributed by atoms with Crippen molar-refractivity contribution in [1.82, 2.24) is 24.5 Å². The first kappa shape index (κ1) is 18.2. The Hall–Kier alpha value is -2.64. The number of likely N-dealkylation sites (tertiary alicyclic amines) is 1. The molecule has 0 aliphatic carbocycles. The van der Waals surface area contributed by atoms with Crippen molar-refractivity contribution in [2.75, 3.05) is 13.1 Å². The number of ether oxygens (including phenoxy) is 1. The molecule has 2 aromatic heterocycles. The van der Waals surface area contributed by atoms with Crippen molar-refractivity contribution in [3.05, 3.63) is 40.9 Å². The molecule has 1 saturated heterocycles. The Labute approximate surface area is 152 Å². The fourth-order valence-electron chi connectivity index (χ4n) is 2.96. The third-order valence-electron chi connectivity index (χ3n) is 4.29. The predicted molar refractivity (Wildman–Crippen MR) is 96.2 cm³/mol. The van der Waals surface area contributed by atoms with Crippen molar-refractivity contribution in [2.24, 2.45) is 5.92 Å². The van der Waals surface area contributed by atoms with Crippen LogP contribution in [-0.4, -0.2) is 49.2 Å². The molecule has 1 aliphatic heterocycles. The van der Waals surface area contributed by atoms with Gasteiger partial charge in [-0.3, -0.25) is 4.79 Å². The lowest BCUT2D eigenvalue weighted by Crippen LogP contribution is -2.42. The third kappa shape index (κ3) is 4.50. The molecule has 3 rings (SSSR count). The van der Waals surface area contributed by atoms with Crippen LogP contribution in [0.5, 0.6) is 0 Å². The molecule has 0 N–H and O–H groups in total. The summed E-state index contributed by atoms with van der Waals surface area (Å²) in [4.78, 5) is 26.0. The highest BCUT2D eigenvalue weighted by Gasteiger charge is 2.27. The first-order valence-corrected chi connectivity index (χ1v) is 8.88. The molecule has 0 atom stereocenters. The van der Waals surface area contributed by atoms with Gasteiger partial charge in [-0.05, 0) is 51.7 Å². The Morgan fingerprint density at radius 1 is 1.27 bits per heavy atom. The highest BCUT2D eigenvalue weighted by molar-refractivity contribution is 5.68. The molecule has 0 bridgehead atoms. The lowest BCUT2D eigenvalue weighted by atomic mass is 9.97. The summed E-state index contributed by atoms with van der Waals surface area (Å²) in [5.74, 6) is 0.910. The second-order valence-corrected chi connectivity index (χ2v) is 7.57. The molecule has 8 nitrogen and oxygen atoms in total. The molecule has 8 heteroatoms. The quantitative estimate of drug-likeness (QED) is 0.838. The number of amides is 1. The normalized spacial score (nSPS) is 15.9. The maximum absolute atomic E-state index is 12.1. The first-order chi connectivity index (χ1) is 12.3. The van der Waals surface area contributed by atoms with E-state index < -0.39 is 5.60 Å². The summed E-state index contributed by atoms with van der Waals surface area (Å²) in [5.41, 5.74) is -0.617. The fraction of sp³-hybridized carbons (Fsp3) is 0.556. The van der Waals surface area contributed by atoms with Crippen molar-refractivity contribution >= 4 is 6.09 Å². The van der Waals surface area contributed by atoms with Crippen LogP contribution in [0.25, 0.3) is 5.82 Å². The summed E-state index contributed by atoms with van der Waals surface area (Å²) in [5, 5.41) is 8.55. The summed E-state index contributed by atoms with van der Waals surface area (Å²) in [7, 11) is 0. The van der Waals surface area contributed by atoms with Gasteiger partial charge in [-0.1, -0.05) is 0 Å². The smallest absolute Gasteiger partial charge is 0.410 e. The molecule has 0 unspecified atom stereocenters. The number of carbonyl (C=O) groups is 1. The fourth-order valence-corrected chi connectivity index (χ4v) is 2.96. The number of aromatic nitrogens is 4. The number of hydrogen-bond donors (Lipinski definition) is 0. The summed E-state index contributed by atoms with van der Waals surface area (Å²) in [6, 6.07) is 4.99. The van der Waals surface area contributed by atoms with E-state index >= 15 is 0 Å². The van der Waals surface area contributed by atoms with E-state index in [4.69, 9.17) is 4.74 Å². The van der Waals surface area contributed by atoms with Gasteiger partial charge in [0.15, 0.2) is 5.82 Å². The largest absolute Gasteiger partial charge is 0.444 e. The van der Waals surface area contributed by atoms with Gasteiger partial charge in [0.25, 0.3) is 5.56 Å². The van der Waals surface area contributed by atoms with Crippen LogP contribution in [0.2, 0.25) is 0 Å². The summed E-state index contributed by atoms with van der Waals surface area (Å²) in [6.07, 6.45) is 4.82. The van der Waals surface area contributed by atoms with E-state index in [1.807, 2.05) is 26.8 Å². The minimum atomic E-state index is -0.488. The Kier molecular flexibility index (Phi) is 5.11. The molecular formula is C18H25N5O3. The Morgan fingerprint density at radius 3 is 2.62 bits per heavy atom. The topological polar surface area (TPSA) is 82.2 Å². The first-order valence-electron chi connectivity index (χ1n) is 8.88. The van der Waals surface area contributed by atoms with Crippen LogP contribution in [0.3, 0.4) is 0 Å². The number of rotatable bonds is 3. The van der Waals surface area contributed by atoms with Crippen LogP contribution < -0.4 is 5.56 Å². The minimum Gasteiger partial charge on any atom is -0.444 e. The summed E-state index contributed by atoms with van der Waals surface area (Å²) >= 11 is 0. The molecular weight excluding hydrogens is 334 g/mol. The van der Waals surface area contributed by atoms with Gasteiger partial charge in [0, 0.05) is 38.1 Å². The maximum atomic E-state index is 12.1. The van der Waals surface area contributed by atoms with Crippen molar-refractivity contribution in [3.63, 3.8) is 0 Å². The van der Waals surface area contributed by atoms with Gasteiger partial charge in [-0.25, -0.2) is 14.2 Å². The Bertz CT molecular complexity index is 799. The van der Waals surface area contributed by atoms with Crippen molar-refractivity contribution in [3.8, 4) is 5.82 Å². The molecule has 0 saturated carbocycles. The number of hydrogen-bond acceptors (Lipinski definition) is 5. The summed E-state index contributed by atoms with van der Waals surface area (Å²) in [6.45, 7) is 7.39. The molecule has 2 aromatic rings. The zero-order valence-electron chi connectivity index (χ0n) is 15.5. The lowest BCUT2D eigenvalue weighted by Gasteiger charge is -2.33. The van der Waals surface area contributed by atoms with Crippen LogP contribution in [0.1, 0.15) is 33.6 Å². The van der Waals surface area contributed by atoms with Gasteiger partial charge in [0.2, 0.25) is 0 Å². The highest BCUT2D eigenvalue weighted by atomic mass is 16.6. The van der Waals surface area contributed by atoms with E-state index in [-0.39, 0.29) is 11.7 Å². The van der Waals surface area contributed by atoms with Crippen LogP contribution >= 0.6 is 0 Å². The van der Waals surface area contributed by atoms with Gasteiger partial charge in [0.1, 0.15) is 5.60 Å². The predicted octanol–water partition coefficient (Wildman–Crippen LogP) is 2.08. The van der Waals surface area contributed by atoms with E-state index in [2.05, 4.69) is 10.2 Å². The zero-order valence-corrected chi connectivity index (χ0v) is 15.5. The Morgan fingerprint density at radius 2 is 2.00 bits per heavy atom. The summed E-state index contributed by atoms with van der Waals surface area (Å²) < 4.78 is 8.53. The average molecular weight is 359 g/mol. The minimum absolute atomic E-state index is 0.129. The standard InChI is InChI=1S/C18H25N5O3/c1-18(2,3)26-17(25)21-11-7-14(8-12-21)13-23-16(24)6-5-15(20-23)22-10-4-9-19-22/h4-6,9-10,14H,7-8,11-13H2,1-3H3. The molecule has 1 fully saturated rings. The SMILES string of the molecule is CC(C)(C)OC(=O)N1CCC(Cn2nc(-n3cccn3)ccc2=O)CC1. The molecule has 0 aromatic carbocycles. The lowest BCUT2D eigenvalue weighted by molar-refractivity contribution is 0.0176. The average Bonchev–Trinajstić information content (AvgIpc) is 3.10. The van der Waals surface area contributed by atoms with E-state index in [1.54, 1.807) is 28.0 Å². The maximum Gasteiger partial charge on any atom is 0.410 e. The highest BCUT2D eigenvalue weighted by Crippen LogP contribution is 2.20. The number of piperidine rings is 1. The molecule has 0 radical (unpaired) electrons. The van der Waals surface area contributed by atoms with Crippen molar-refractivity contribution < 1.29 is 9.53 Å². The monoisotopic (exact) mass is 359 g/mol. The van der Waals surface area contributed by atoms with Crippen LogP contribution in [0.15, 0.2) is 35.4 Å². The molecule has 1 amide bonds. The van der Waals surface area contributed by atoms with E-state index in [9.17, 15) is 9.59 Å². The second kappa shape index (κ2) is 7.31. The number of nitrogens with zero attached hydrogens (tertiary/aromatic N) is 5. The molecule has 3 heterocycles. The zero-order chi connectivity index (χ0) is 18.7. The Balaban J connectivity index is 1.60. The van der Waals surface area contributed by atoms with Gasteiger partial charge >= 0.3 is 6.09 Å². The molecule has 26 heavy (non-hydrogen) atoms. The molecule has 140 valence electrons. The van der Waals surface area contributed by atoms with Gasteiger partial charge in [-0.15, -0.1) is 5.10 Å². The van der Waals surface area contributed by atoms with Crippen LogP contribution in [0.4, 0.5) is 4.79 Å². The molecule has 0 spiro atoms. The van der Waals surface area contributed by atoms with Crippen molar-refractivity contribution in [1.29, 1.82) is 0 Å². The molecule has 1 aliphatic rings. The van der Waals surface area contributed by atoms with Crippen LogP contribution in [-0.2, 0) is 11.3 Å². The van der Waals surface area contributed by atoms with Gasteiger partial charge < -0.3 is 9.64 Å². The van der Waals surface area contributed by atoms with Gasteiger partial charge in [0.05, 0.1) is 0 Å². The van der Waals surface area contributed by atoms with E-state index in [0.717, 1.165) is 12.8 Å².